The highest BCUT2D eigenvalue weighted by Gasteiger charge is 2.06. The average molecular weight is 298 g/mol. The Morgan fingerprint density at radius 2 is 0.762 bits per heavy atom. The summed E-state index contributed by atoms with van der Waals surface area (Å²) in [6.07, 6.45) is 12.9. The summed E-state index contributed by atoms with van der Waals surface area (Å²) in [7, 11) is 0. The van der Waals surface area contributed by atoms with Crippen LogP contribution in [0.25, 0.3) is 0 Å². The zero-order valence-corrected chi connectivity index (χ0v) is 15.3. The Bertz CT molecular complexity index is 172. The molecule has 0 heterocycles. The van der Waals surface area contributed by atoms with E-state index >= 15 is 0 Å². The van der Waals surface area contributed by atoms with E-state index in [4.69, 9.17) is 0 Å². The molecule has 0 aliphatic rings. The monoisotopic (exact) mass is 298 g/mol. The molecule has 0 amide bonds. The van der Waals surface area contributed by atoms with Crippen LogP contribution in [-0.2, 0) is 0 Å². The maximum atomic E-state index is 2.45. The molecular weight excluding hydrogens is 251 g/mol. The molecule has 0 rings (SSSR count). The minimum atomic E-state index is 0. The van der Waals surface area contributed by atoms with Gasteiger partial charge in [-0.25, -0.2) is 0 Å². The highest BCUT2D eigenvalue weighted by molar-refractivity contribution is 5.75. The summed E-state index contributed by atoms with van der Waals surface area (Å²) in [5.74, 6) is 3.66. The first-order valence-electron chi connectivity index (χ1n) is 8.91. The molecule has 2 unspecified atom stereocenters. The van der Waals surface area contributed by atoms with Gasteiger partial charge in [0.1, 0.15) is 0 Å². The van der Waals surface area contributed by atoms with E-state index in [1.807, 2.05) is 0 Å². The van der Waals surface area contributed by atoms with Gasteiger partial charge >= 0.3 is 0 Å². The summed E-state index contributed by atoms with van der Waals surface area (Å²) in [5.41, 5.74) is 0. The zero-order valence-electron chi connectivity index (χ0n) is 15.3. The van der Waals surface area contributed by atoms with Gasteiger partial charge in [-0.05, 0) is 23.7 Å². The van der Waals surface area contributed by atoms with Crippen LogP contribution in [0, 0.1) is 23.7 Å². The van der Waals surface area contributed by atoms with Crippen LogP contribution in [0.15, 0.2) is 0 Å². The zero-order chi connectivity index (χ0) is 14.7. The molecule has 0 bridgehead atoms. The third-order valence-electron chi connectivity index (χ3n) is 4.35. The van der Waals surface area contributed by atoms with Crippen molar-refractivity contribution in [2.45, 2.75) is 107 Å². The van der Waals surface area contributed by atoms with Crippen molar-refractivity contribution in [2.24, 2.45) is 23.7 Å². The van der Waals surface area contributed by atoms with E-state index in [0.29, 0.717) is 0 Å². The van der Waals surface area contributed by atoms with Crippen LogP contribution in [-0.4, -0.2) is 8.41 Å². The number of hydrogen-bond acceptors (Lipinski definition) is 0. The predicted octanol–water partition coefficient (Wildman–Crippen LogP) is 7.58. The van der Waals surface area contributed by atoms with Crippen LogP contribution in [0.5, 0.6) is 0 Å². The SMILES string of the molecule is C.CC(C)CCCC(C)CCCC(C)CCCC(C)C.[2HH].[B]. The Labute approximate surface area is 140 Å². The fourth-order valence-corrected chi connectivity index (χ4v) is 2.85. The van der Waals surface area contributed by atoms with Crippen LogP contribution in [0.3, 0.4) is 0 Å². The topological polar surface area (TPSA) is 0 Å². The Hall–Kier alpha value is 0.0649. The third-order valence-corrected chi connectivity index (χ3v) is 4.35. The van der Waals surface area contributed by atoms with Gasteiger partial charge < -0.3 is 0 Å². The van der Waals surface area contributed by atoms with Gasteiger partial charge in [-0.15, -0.1) is 0 Å². The molecule has 0 N–H and O–H groups in total. The second kappa shape index (κ2) is 16.4. The molecule has 21 heavy (non-hydrogen) atoms. The van der Waals surface area contributed by atoms with E-state index in [2.05, 4.69) is 41.5 Å². The first-order chi connectivity index (χ1) is 8.91. The molecule has 0 aliphatic carbocycles. The maximum Gasteiger partial charge on any atom is 0 e. The summed E-state index contributed by atoms with van der Waals surface area (Å²) in [5, 5.41) is 0. The lowest BCUT2D eigenvalue weighted by molar-refractivity contribution is 0.381. The molecule has 129 valence electrons. The van der Waals surface area contributed by atoms with Crippen LogP contribution in [0.2, 0.25) is 0 Å². The largest absolute Gasteiger partial charge is 0.0776 e. The van der Waals surface area contributed by atoms with Crippen molar-refractivity contribution in [1.29, 1.82) is 0 Å². The highest BCUT2D eigenvalue weighted by atomic mass is 14.1. The lowest BCUT2D eigenvalue weighted by atomic mass is 9.91. The van der Waals surface area contributed by atoms with E-state index < -0.39 is 0 Å². The van der Waals surface area contributed by atoms with E-state index in [0.717, 1.165) is 23.7 Å². The Balaban J connectivity index is -0.000000540. The van der Waals surface area contributed by atoms with Crippen molar-refractivity contribution in [1.82, 2.24) is 0 Å². The van der Waals surface area contributed by atoms with Crippen molar-refractivity contribution in [3.63, 3.8) is 0 Å². The van der Waals surface area contributed by atoms with Gasteiger partial charge in [0.15, 0.2) is 0 Å². The van der Waals surface area contributed by atoms with Gasteiger partial charge in [-0.1, -0.05) is 107 Å². The van der Waals surface area contributed by atoms with Crippen LogP contribution >= 0.6 is 0 Å². The van der Waals surface area contributed by atoms with E-state index in [1.54, 1.807) is 0 Å². The van der Waals surface area contributed by atoms with Crippen LogP contribution < -0.4 is 0 Å². The van der Waals surface area contributed by atoms with E-state index in [1.165, 1.54) is 57.8 Å². The van der Waals surface area contributed by atoms with Crippen molar-refractivity contribution in [3.8, 4) is 0 Å². The third kappa shape index (κ3) is 20.1. The quantitative estimate of drug-likeness (QED) is 0.326. The molecule has 0 saturated carbocycles. The lowest BCUT2D eigenvalue weighted by Gasteiger charge is -2.15. The molecule has 0 nitrogen and oxygen atoms in total. The molecule has 0 fully saturated rings. The lowest BCUT2D eigenvalue weighted by Crippen LogP contribution is -2.00. The second-order valence-electron chi connectivity index (χ2n) is 7.79. The number of rotatable bonds is 12. The molecule has 1 heteroatoms. The minimum absolute atomic E-state index is 0. The smallest absolute Gasteiger partial charge is 0 e. The van der Waals surface area contributed by atoms with Gasteiger partial charge in [0.05, 0.1) is 0 Å². The Morgan fingerprint density at radius 1 is 0.524 bits per heavy atom. The minimum Gasteiger partial charge on any atom is -0.0776 e. The van der Waals surface area contributed by atoms with Crippen molar-refractivity contribution >= 4 is 8.41 Å². The molecule has 0 aromatic heterocycles. The van der Waals surface area contributed by atoms with Gasteiger partial charge in [0, 0.05) is 9.84 Å². The summed E-state index contributed by atoms with van der Waals surface area (Å²) < 4.78 is 0. The average Bonchev–Trinajstić information content (AvgIpc) is 2.27. The van der Waals surface area contributed by atoms with Crippen molar-refractivity contribution in [3.05, 3.63) is 0 Å². The first-order valence-corrected chi connectivity index (χ1v) is 8.91. The van der Waals surface area contributed by atoms with Gasteiger partial charge in [-0.2, -0.15) is 0 Å². The molecule has 3 radical (unpaired) electrons. The van der Waals surface area contributed by atoms with Crippen molar-refractivity contribution in [2.75, 3.05) is 0 Å². The number of hydrogen-bond donors (Lipinski definition) is 0. The van der Waals surface area contributed by atoms with Gasteiger partial charge in [0.2, 0.25) is 0 Å². The molecule has 0 aliphatic heterocycles. The molecule has 0 aromatic rings. The highest BCUT2D eigenvalue weighted by Crippen LogP contribution is 2.21. The summed E-state index contributed by atoms with van der Waals surface area (Å²) >= 11 is 0. The standard InChI is InChI=1S/C19H40.CH4.B.H2/c1-16(2)10-7-12-18(5)14-9-15-19(6)13-8-11-17(3)4;;;/h16-19H,7-15H2,1-6H3;1H4;;1H/i;;;1+1. The van der Waals surface area contributed by atoms with Gasteiger partial charge in [0.25, 0.3) is 0 Å². The molecular formula is C20H46B. The summed E-state index contributed by atoms with van der Waals surface area (Å²) in [6, 6.07) is 0. The molecule has 0 saturated heterocycles. The van der Waals surface area contributed by atoms with Gasteiger partial charge in [-0.3, -0.25) is 0 Å². The normalized spacial score (nSPS) is 13.7. The van der Waals surface area contributed by atoms with E-state index in [-0.39, 0.29) is 17.3 Å². The fourth-order valence-electron chi connectivity index (χ4n) is 2.85. The molecule has 0 aromatic carbocycles. The first kappa shape index (κ1) is 26.0. The Morgan fingerprint density at radius 3 is 1.00 bits per heavy atom. The van der Waals surface area contributed by atoms with Crippen LogP contribution in [0.4, 0.5) is 0 Å². The Kier molecular flexibility index (Phi) is 20.3. The van der Waals surface area contributed by atoms with E-state index in [9.17, 15) is 0 Å². The molecule has 0 spiro atoms. The van der Waals surface area contributed by atoms with Crippen molar-refractivity contribution < 1.29 is 1.43 Å². The molecule has 2 atom stereocenters. The van der Waals surface area contributed by atoms with Crippen LogP contribution in [0.1, 0.15) is 108 Å². The maximum absolute atomic E-state index is 2.45. The summed E-state index contributed by atoms with van der Waals surface area (Å²) in [6.45, 7) is 14.2. The summed E-state index contributed by atoms with van der Waals surface area (Å²) in [4.78, 5) is 0. The predicted molar refractivity (Wildman–Crippen MR) is 104 cm³/mol. The second-order valence-corrected chi connectivity index (χ2v) is 7.79. The fraction of sp³-hybridized carbons (Fsp3) is 1.00.